The normalized spacial score (nSPS) is 18.2. The van der Waals surface area contributed by atoms with E-state index in [0.29, 0.717) is 37.4 Å². The topological polar surface area (TPSA) is 65.1 Å². The number of ether oxygens (including phenoxy) is 3. The van der Waals surface area contributed by atoms with Crippen LogP contribution in [-0.2, 0) is 4.74 Å². The summed E-state index contributed by atoms with van der Waals surface area (Å²) in [7, 11) is 0. The number of amides is 1. The van der Waals surface area contributed by atoms with Crippen molar-refractivity contribution in [2.45, 2.75) is 58.7 Å². The number of aryl methyl sites for hydroxylation is 1. The fraction of sp³-hybridized carbons (Fsp3) is 0.600. The molecule has 0 atom stereocenters. The van der Waals surface area contributed by atoms with Gasteiger partial charge in [-0.1, -0.05) is 0 Å². The Balaban J connectivity index is 1.60. The molecule has 1 amide bonds. The molecule has 1 fully saturated rings. The number of hydrogen-bond donors (Lipinski definition) is 0. The van der Waals surface area contributed by atoms with Gasteiger partial charge in [0.05, 0.1) is 12.2 Å². The maximum absolute atomic E-state index is 12.1. The second-order valence-electron chi connectivity index (χ2n) is 7.92. The summed E-state index contributed by atoms with van der Waals surface area (Å²) in [5, 5.41) is 0. The van der Waals surface area contributed by atoms with E-state index in [1.54, 1.807) is 4.90 Å². The Labute approximate surface area is 154 Å². The maximum Gasteiger partial charge on any atom is 0.410 e. The summed E-state index contributed by atoms with van der Waals surface area (Å²) < 4.78 is 17.2. The Kier molecular flexibility index (Phi) is 5.12. The van der Waals surface area contributed by atoms with Crippen LogP contribution in [-0.4, -0.2) is 48.2 Å². The Morgan fingerprint density at radius 2 is 1.92 bits per heavy atom. The molecule has 3 rings (SSSR count). The molecule has 0 saturated carbocycles. The van der Waals surface area contributed by atoms with Gasteiger partial charge in [0.2, 0.25) is 0 Å². The van der Waals surface area contributed by atoms with E-state index in [0.717, 1.165) is 24.2 Å². The molecule has 0 spiro atoms. The van der Waals surface area contributed by atoms with Crippen LogP contribution in [0.25, 0.3) is 0 Å². The highest BCUT2D eigenvalue weighted by atomic mass is 16.6. The number of Topliss-reactive ketones (excluding diaryl/α,β-unsaturated/α-hetero) is 1. The van der Waals surface area contributed by atoms with E-state index >= 15 is 0 Å². The van der Waals surface area contributed by atoms with Gasteiger partial charge >= 0.3 is 6.09 Å². The van der Waals surface area contributed by atoms with Crippen LogP contribution in [0.4, 0.5) is 4.79 Å². The summed E-state index contributed by atoms with van der Waals surface area (Å²) in [4.78, 5) is 25.8. The number of benzene rings is 1. The van der Waals surface area contributed by atoms with Crippen LogP contribution in [0.1, 0.15) is 56.0 Å². The number of hydrogen-bond acceptors (Lipinski definition) is 5. The summed E-state index contributed by atoms with van der Waals surface area (Å²) in [5.74, 6) is 1.47. The summed E-state index contributed by atoms with van der Waals surface area (Å²) in [5.41, 5.74) is 1.08. The van der Waals surface area contributed by atoms with Gasteiger partial charge in [-0.05, 0) is 39.3 Å². The predicted molar refractivity (Wildman–Crippen MR) is 97.1 cm³/mol. The maximum atomic E-state index is 12.1. The van der Waals surface area contributed by atoms with Crippen LogP contribution in [0, 0.1) is 6.92 Å². The van der Waals surface area contributed by atoms with Crippen LogP contribution < -0.4 is 9.47 Å². The number of carbonyl (C=O) groups excluding carboxylic acids is 2. The highest BCUT2D eigenvalue weighted by molar-refractivity contribution is 6.00. The molecule has 2 aliphatic heterocycles. The smallest absolute Gasteiger partial charge is 0.410 e. The molecule has 1 aromatic rings. The second-order valence-corrected chi connectivity index (χ2v) is 7.92. The lowest BCUT2D eigenvalue weighted by Crippen LogP contribution is -2.44. The highest BCUT2D eigenvalue weighted by Crippen LogP contribution is 2.33. The minimum atomic E-state index is -0.484. The van der Waals surface area contributed by atoms with E-state index in [2.05, 4.69) is 0 Å². The Hall–Kier alpha value is -2.24. The van der Waals surface area contributed by atoms with Crippen molar-refractivity contribution in [1.29, 1.82) is 0 Å². The first-order valence-corrected chi connectivity index (χ1v) is 9.18. The summed E-state index contributed by atoms with van der Waals surface area (Å²) in [6.07, 6.45) is 1.68. The van der Waals surface area contributed by atoms with E-state index < -0.39 is 5.60 Å². The largest absolute Gasteiger partial charge is 0.492 e. The van der Waals surface area contributed by atoms with Crippen molar-refractivity contribution >= 4 is 11.9 Å². The number of rotatable bonds is 2. The average molecular weight is 361 g/mol. The van der Waals surface area contributed by atoms with Gasteiger partial charge in [-0.2, -0.15) is 0 Å². The third-order valence-corrected chi connectivity index (χ3v) is 4.55. The van der Waals surface area contributed by atoms with Crippen molar-refractivity contribution in [3.63, 3.8) is 0 Å². The van der Waals surface area contributed by atoms with Crippen molar-refractivity contribution in [1.82, 2.24) is 4.90 Å². The lowest BCUT2D eigenvalue weighted by atomic mass is 10.0. The molecular weight excluding hydrogens is 334 g/mol. The van der Waals surface area contributed by atoms with Gasteiger partial charge in [0.25, 0.3) is 0 Å². The van der Waals surface area contributed by atoms with E-state index in [9.17, 15) is 9.59 Å². The SMILES string of the molecule is Cc1cc2c(cc1OC1CCN(C(=O)OC(C)(C)C)CC1)OCCC2=O. The predicted octanol–water partition coefficient (Wildman–Crippen LogP) is 3.74. The van der Waals surface area contributed by atoms with Gasteiger partial charge in [-0.25, -0.2) is 4.79 Å². The number of ketones is 1. The van der Waals surface area contributed by atoms with Crippen LogP contribution in [0.15, 0.2) is 12.1 Å². The van der Waals surface area contributed by atoms with Gasteiger partial charge in [0.15, 0.2) is 5.78 Å². The number of nitrogens with zero attached hydrogens (tertiary/aromatic N) is 1. The lowest BCUT2D eigenvalue weighted by Gasteiger charge is -2.33. The van der Waals surface area contributed by atoms with Gasteiger partial charge in [-0.3, -0.25) is 4.79 Å². The first-order valence-electron chi connectivity index (χ1n) is 9.18. The molecule has 2 heterocycles. The van der Waals surface area contributed by atoms with E-state index in [4.69, 9.17) is 14.2 Å². The van der Waals surface area contributed by atoms with E-state index in [-0.39, 0.29) is 18.0 Å². The minimum absolute atomic E-state index is 0.0322. The van der Waals surface area contributed by atoms with Gasteiger partial charge in [0, 0.05) is 38.4 Å². The summed E-state index contributed by atoms with van der Waals surface area (Å²) in [6, 6.07) is 3.67. The second kappa shape index (κ2) is 7.17. The fourth-order valence-electron chi connectivity index (χ4n) is 3.18. The average Bonchev–Trinajstić information content (AvgIpc) is 2.56. The Bertz CT molecular complexity index is 699. The zero-order valence-electron chi connectivity index (χ0n) is 16.0. The zero-order valence-corrected chi connectivity index (χ0v) is 16.0. The van der Waals surface area contributed by atoms with Crippen LogP contribution in [0.5, 0.6) is 11.5 Å². The van der Waals surface area contributed by atoms with Crippen molar-refractivity contribution in [2.24, 2.45) is 0 Å². The third-order valence-electron chi connectivity index (χ3n) is 4.55. The van der Waals surface area contributed by atoms with Crippen molar-refractivity contribution in [2.75, 3.05) is 19.7 Å². The molecule has 6 heteroatoms. The molecule has 0 bridgehead atoms. The van der Waals surface area contributed by atoms with Gasteiger partial charge in [0.1, 0.15) is 23.2 Å². The molecule has 0 N–H and O–H groups in total. The number of carbonyl (C=O) groups is 2. The first kappa shape index (κ1) is 18.5. The minimum Gasteiger partial charge on any atom is -0.492 e. The van der Waals surface area contributed by atoms with Gasteiger partial charge in [-0.15, -0.1) is 0 Å². The molecule has 1 aromatic carbocycles. The summed E-state index contributed by atoms with van der Waals surface area (Å²) >= 11 is 0. The summed E-state index contributed by atoms with van der Waals surface area (Å²) in [6.45, 7) is 9.18. The molecule has 0 aliphatic carbocycles. The van der Waals surface area contributed by atoms with Crippen LogP contribution in [0.3, 0.4) is 0 Å². The number of likely N-dealkylation sites (tertiary alicyclic amines) is 1. The van der Waals surface area contributed by atoms with Crippen molar-refractivity contribution in [3.8, 4) is 11.5 Å². The first-order chi connectivity index (χ1) is 12.2. The third kappa shape index (κ3) is 4.29. The fourth-order valence-corrected chi connectivity index (χ4v) is 3.18. The van der Waals surface area contributed by atoms with Crippen LogP contribution in [0.2, 0.25) is 0 Å². The Morgan fingerprint density at radius 1 is 1.23 bits per heavy atom. The molecule has 26 heavy (non-hydrogen) atoms. The molecule has 0 unspecified atom stereocenters. The van der Waals surface area contributed by atoms with E-state index in [1.807, 2.05) is 39.8 Å². The van der Waals surface area contributed by atoms with Gasteiger partial charge < -0.3 is 19.1 Å². The molecule has 1 saturated heterocycles. The quantitative estimate of drug-likeness (QED) is 0.803. The van der Waals surface area contributed by atoms with E-state index in [1.165, 1.54) is 0 Å². The lowest BCUT2D eigenvalue weighted by molar-refractivity contribution is 0.0126. The van der Waals surface area contributed by atoms with Crippen molar-refractivity contribution in [3.05, 3.63) is 23.3 Å². The zero-order chi connectivity index (χ0) is 18.9. The highest BCUT2D eigenvalue weighted by Gasteiger charge is 2.28. The number of piperidine rings is 1. The molecule has 142 valence electrons. The standard InChI is InChI=1S/C20H27NO5/c1-13-11-15-16(22)7-10-24-18(15)12-17(13)25-14-5-8-21(9-6-14)19(23)26-20(2,3)4/h11-12,14H,5-10H2,1-4H3. The number of fused-ring (bicyclic) bond motifs is 1. The van der Waals surface area contributed by atoms with Crippen LogP contribution >= 0.6 is 0 Å². The molecule has 0 aromatic heterocycles. The molecular formula is C20H27NO5. The van der Waals surface area contributed by atoms with Crippen molar-refractivity contribution < 1.29 is 23.8 Å². The molecule has 2 aliphatic rings. The monoisotopic (exact) mass is 361 g/mol. The molecule has 0 radical (unpaired) electrons. The Morgan fingerprint density at radius 3 is 2.58 bits per heavy atom. The molecule has 6 nitrogen and oxygen atoms in total.